The normalized spacial score (nSPS) is 32.3. The molecule has 1 N–H and O–H groups in total. The summed E-state index contributed by atoms with van der Waals surface area (Å²) in [6.45, 7) is 30.9. The Balaban J connectivity index is 1.86. The minimum Gasteiger partial charge on any atom is -0.414 e. The van der Waals surface area contributed by atoms with Gasteiger partial charge < -0.3 is 14.0 Å². The van der Waals surface area contributed by atoms with Crippen molar-refractivity contribution in [3.8, 4) is 0 Å². The Morgan fingerprint density at radius 1 is 0.951 bits per heavy atom. The molecule has 3 aliphatic rings. The lowest BCUT2D eigenvalue weighted by atomic mass is 9.61. The van der Waals surface area contributed by atoms with Crippen LogP contribution in [-0.2, 0) is 8.85 Å². The minimum absolute atomic E-state index is 0.177. The molecule has 3 fully saturated rings. The highest BCUT2D eigenvalue weighted by Gasteiger charge is 2.50. The van der Waals surface area contributed by atoms with E-state index < -0.39 is 16.6 Å². The van der Waals surface area contributed by atoms with Gasteiger partial charge in [0.25, 0.3) is 0 Å². The largest absolute Gasteiger partial charge is 0.414 e. The first-order chi connectivity index (χ1) is 18.7. The van der Waals surface area contributed by atoms with Gasteiger partial charge in [0, 0.05) is 0 Å². The van der Waals surface area contributed by atoms with Crippen molar-refractivity contribution in [1.82, 2.24) is 0 Å². The Labute approximate surface area is 256 Å². The van der Waals surface area contributed by atoms with Crippen molar-refractivity contribution < 1.29 is 14.0 Å². The second-order valence-electron chi connectivity index (χ2n) is 17.3. The van der Waals surface area contributed by atoms with E-state index in [1.165, 1.54) is 37.7 Å². The van der Waals surface area contributed by atoms with E-state index >= 15 is 0 Å². The van der Waals surface area contributed by atoms with Crippen LogP contribution in [0.15, 0.2) is 34.9 Å². The molecular formula is C36H66O3Si2. The number of fused-ring (bicyclic) bond motifs is 1. The van der Waals surface area contributed by atoms with Crippen LogP contribution in [-0.4, -0.2) is 40.6 Å². The average molecular weight is 603 g/mol. The standard InChI is InChI=1S/C36H66O3Si2/c1-26(25-37)21-27(2)32-18-19-33-29(15-14-20-36(32,33)9)17-16-28-22-30(38-40(10,11)34(3,4)5)24-31(23-28)39-41(12,13)35(6,7)8/h16-17,21,27,30-33,37H,14-15,18-20,22-25H2,1-13H3/b26-21+,29-17+/t27-,30-,31-,32-,33+,36-/m1/s1. The van der Waals surface area contributed by atoms with E-state index in [0.717, 1.165) is 24.8 Å². The Morgan fingerprint density at radius 2 is 1.49 bits per heavy atom. The highest BCUT2D eigenvalue weighted by atomic mass is 28.4. The third-order valence-corrected chi connectivity index (χ3v) is 21.1. The number of allylic oxidation sites excluding steroid dienone is 4. The Hall–Kier alpha value is -0.466. The summed E-state index contributed by atoms with van der Waals surface area (Å²) in [6, 6.07) is 0. The summed E-state index contributed by atoms with van der Waals surface area (Å²) in [5.41, 5.74) is 4.68. The molecule has 0 bridgehead atoms. The van der Waals surface area contributed by atoms with Crippen molar-refractivity contribution in [1.29, 1.82) is 0 Å². The van der Waals surface area contributed by atoms with E-state index in [9.17, 15) is 5.11 Å². The van der Waals surface area contributed by atoms with E-state index in [-0.39, 0.29) is 28.9 Å². The molecule has 6 atom stereocenters. The number of aliphatic hydroxyl groups is 1. The van der Waals surface area contributed by atoms with Gasteiger partial charge in [-0.1, -0.05) is 90.3 Å². The smallest absolute Gasteiger partial charge is 0.192 e. The molecule has 0 spiro atoms. The molecule has 0 heterocycles. The van der Waals surface area contributed by atoms with Gasteiger partial charge in [-0.05, 0) is 118 Å². The molecule has 3 rings (SSSR count). The lowest BCUT2D eigenvalue weighted by Crippen LogP contribution is -2.48. The molecule has 3 aliphatic carbocycles. The monoisotopic (exact) mass is 602 g/mol. The average Bonchev–Trinajstić information content (AvgIpc) is 3.18. The van der Waals surface area contributed by atoms with Crippen LogP contribution in [0, 0.1) is 23.2 Å². The van der Waals surface area contributed by atoms with Gasteiger partial charge in [0.1, 0.15) is 0 Å². The summed E-state index contributed by atoms with van der Waals surface area (Å²) in [5, 5.41) is 10.0. The van der Waals surface area contributed by atoms with Gasteiger partial charge in [0.05, 0.1) is 18.8 Å². The fourth-order valence-electron chi connectivity index (χ4n) is 7.62. The van der Waals surface area contributed by atoms with Crippen LogP contribution in [0.25, 0.3) is 0 Å². The van der Waals surface area contributed by atoms with Crippen molar-refractivity contribution in [3.63, 3.8) is 0 Å². The highest BCUT2D eigenvalue weighted by Crippen LogP contribution is 2.59. The maximum absolute atomic E-state index is 9.60. The highest BCUT2D eigenvalue weighted by molar-refractivity contribution is 6.74. The second-order valence-corrected chi connectivity index (χ2v) is 26.8. The zero-order chi connectivity index (χ0) is 31.0. The first kappa shape index (κ1) is 35.0. The third kappa shape index (κ3) is 8.18. The van der Waals surface area contributed by atoms with Crippen molar-refractivity contribution in [2.75, 3.05) is 6.61 Å². The van der Waals surface area contributed by atoms with Crippen LogP contribution >= 0.6 is 0 Å². The van der Waals surface area contributed by atoms with Gasteiger partial charge in [-0.25, -0.2) is 0 Å². The molecule has 0 aromatic heterocycles. The van der Waals surface area contributed by atoms with Gasteiger partial charge in [0.15, 0.2) is 16.6 Å². The molecule has 236 valence electrons. The summed E-state index contributed by atoms with van der Waals surface area (Å²) in [7, 11) is -3.74. The van der Waals surface area contributed by atoms with Crippen molar-refractivity contribution in [2.24, 2.45) is 23.2 Å². The Bertz CT molecular complexity index is 955. The van der Waals surface area contributed by atoms with Crippen LogP contribution in [0.5, 0.6) is 0 Å². The summed E-state index contributed by atoms with van der Waals surface area (Å²) >= 11 is 0. The molecule has 0 saturated heterocycles. The quantitative estimate of drug-likeness (QED) is 0.222. The van der Waals surface area contributed by atoms with Crippen molar-refractivity contribution >= 4 is 16.6 Å². The predicted molar refractivity (Wildman–Crippen MR) is 182 cm³/mol. The van der Waals surface area contributed by atoms with E-state index in [1.54, 1.807) is 5.57 Å². The molecule has 3 nitrogen and oxygen atoms in total. The fraction of sp³-hybridized carbons (Fsp3) is 0.833. The molecule has 0 aromatic carbocycles. The lowest BCUT2D eigenvalue weighted by Gasteiger charge is -2.45. The fourth-order valence-corrected chi connectivity index (χ4v) is 10.3. The maximum atomic E-state index is 9.60. The zero-order valence-corrected chi connectivity index (χ0v) is 31.2. The van der Waals surface area contributed by atoms with Crippen LogP contribution in [0.3, 0.4) is 0 Å². The number of hydrogen-bond acceptors (Lipinski definition) is 3. The van der Waals surface area contributed by atoms with Gasteiger partial charge in [-0.15, -0.1) is 0 Å². The minimum atomic E-state index is -1.87. The molecule has 0 aliphatic heterocycles. The predicted octanol–water partition coefficient (Wildman–Crippen LogP) is 10.6. The Kier molecular flexibility index (Phi) is 11.0. The zero-order valence-electron chi connectivity index (χ0n) is 29.2. The molecule has 0 radical (unpaired) electrons. The van der Waals surface area contributed by atoms with Crippen molar-refractivity contribution in [2.45, 2.75) is 162 Å². The Morgan fingerprint density at radius 3 is 1.98 bits per heavy atom. The summed E-state index contributed by atoms with van der Waals surface area (Å²) in [5.74, 6) is 1.91. The van der Waals surface area contributed by atoms with Gasteiger partial charge >= 0.3 is 0 Å². The summed E-state index contributed by atoms with van der Waals surface area (Å²) < 4.78 is 14.1. The molecule has 41 heavy (non-hydrogen) atoms. The van der Waals surface area contributed by atoms with E-state index in [4.69, 9.17) is 8.85 Å². The lowest BCUT2D eigenvalue weighted by molar-refractivity contribution is 0.0725. The number of rotatable bonds is 8. The van der Waals surface area contributed by atoms with Gasteiger partial charge in [0.2, 0.25) is 0 Å². The summed E-state index contributed by atoms with van der Waals surface area (Å²) in [6.07, 6.45) is 17.5. The summed E-state index contributed by atoms with van der Waals surface area (Å²) in [4.78, 5) is 0. The van der Waals surface area contributed by atoms with Crippen LogP contribution in [0.2, 0.25) is 36.3 Å². The molecule has 0 aromatic rings. The number of aliphatic hydroxyl groups excluding tert-OH is 1. The molecular weight excluding hydrogens is 537 g/mol. The van der Waals surface area contributed by atoms with Gasteiger partial charge in [-0.3, -0.25) is 0 Å². The van der Waals surface area contributed by atoms with Crippen LogP contribution < -0.4 is 0 Å². The van der Waals surface area contributed by atoms with Crippen LogP contribution in [0.1, 0.15) is 114 Å². The SMILES string of the molecule is C/C(=C\[C@@H](C)[C@H]1CC[C@H]2/C(=C/C=C3C[C@@H](O[Si](C)(C)C(C)(C)C)C[C@H](O[Si](C)(C)C(C)(C)C)C3)CCC[C@]12C)CO. The van der Waals surface area contributed by atoms with Crippen LogP contribution in [0.4, 0.5) is 0 Å². The van der Waals surface area contributed by atoms with Crippen molar-refractivity contribution in [3.05, 3.63) is 34.9 Å². The topological polar surface area (TPSA) is 38.7 Å². The molecule has 0 unspecified atom stereocenters. The molecule has 3 saturated carbocycles. The molecule has 0 amide bonds. The van der Waals surface area contributed by atoms with E-state index in [2.05, 4.69) is 107 Å². The van der Waals surface area contributed by atoms with E-state index in [1.807, 2.05) is 0 Å². The second kappa shape index (κ2) is 12.9. The van der Waals surface area contributed by atoms with Gasteiger partial charge in [-0.2, -0.15) is 0 Å². The number of hydrogen-bond donors (Lipinski definition) is 1. The van der Waals surface area contributed by atoms with E-state index in [0.29, 0.717) is 23.2 Å². The maximum Gasteiger partial charge on any atom is 0.192 e. The first-order valence-corrected chi connectivity index (χ1v) is 22.5. The third-order valence-electron chi connectivity index (χ3n) is 12.0. The first-order valence-electron chi connectivity index (χ1n) is 16.7. The molecule has 5 heteroatoms.